The van der Waals surface area contributed by atoms with E-state index in [1.165, 1.54) is 35.7 Å². The van der Waals surface area contributed by atoms with E-state index in [2.05, 4.69) is 52.9 Å². The van der Waals surface area contributed by atoms with E-state index < -0.39 is 0 Å². The molecule has 1 saturated carbocycles. The van der Waals surface area contributed by atoms with Gasteiger partial charge >= 0.3 is 0 Å². The lowest BCUT2D eigenvalue weighted by Gasteiger charge is -2.22. The first-order chi connectivity index (χ1) is 11.7. The van der Waals surface area contributed by atoms with Crippen molar-refractivity contribution in [2.75, 3.05) is 12.3 Å². The molecule has 0 saturated heterocycles. The van der Waals surface area contributed by atoms with Gasteiger partial charge in [0.05, 0.1) is 5.75 Å². The van der Waals surface area contributed by atoms with Crippen LogP contribution in [0.5, 0.6) is 0 Å². The molecule has 0 radical (unpaired) electrons. The molecule has 2 aromatic rings. The third kappa shape index (κ3) is 4.38. The zero-order chi connectivity index (χ0) is 16.9. The summed E-state index contributed by atoms with van der Waals surface area (Å²) in [7, 11) is 0. The summed E-state index contributed by atoms with van der Waals surface area (Å²) in [6.07, 6.45) is 5.12. The summed E-state index contributed by atoms with van der Waals surface area (Å²) in [6.45, 7) is 5.63. The predicted molar refractivity (Wildman–Crippen MR) is 95.9 cm³/mol. The van der Waals surface area contributed by atoms with Gasteiger partial charge < -0.3 is 9.47 Å². The van der Waals surface area contributed by atoms with Crippen molar-refractivity contribution >= 4 is 17.7 Å². The molecule has 1 aliphatic carbocycles. The Hall–Kier alpha value is -1.82. The van der Waals surface area contributed by atoms with Gasteiger partial charge in [-0.2, -0.15) is 0 Å². The molecular formula is C18H24N4OS. The molecule has 0 atom stereocenters. The SMILES string of the molecule is CCCN(Cc1ccc(C)cc1)C(=O)CSc1nncn1C1CC1. The van der Waals surface area contributed by atoms with Crippen molar-refractivity contribution in [3.05, 3.63) is 41.7 Å². The lowest BCUT2D eigenvalue weighted by molar-refractivity contribution is -0.129. The number of thioether (sulfide) groups is 1. The van der Waals surface area contributed by atoms with E-state index >= 15 is 0 Å². The Labute approximate surface area is 147 Å². The van der Waals surface area contributed by atoms with Crippen molar-refractivity contribution in [2.24, 2.45) is 0 Å². The van der Waals surface area contributed by atoms with Crippen molar-refractivity contribution in [2.45, 2.75) is 50.9 Å². The molecule has 0 N–H and O–H groups in total. The summed E-state index contributed by atoms with van der Waals surface area (Å²) >= 11 is 1.50. The van der Waals surface area contributed by atoms with E-state index in [-0.39, 0.29) is 5.91 Å². The van der Waals surface area contributed by atoms with Gasteiger partial charge in [-0.3, -0.25) is 4.79 Å². The maximum Gasteiger partial charge on any atom is 0.233 e. The number of carbonyl (C=O) groups is 1. The van der Waals surface area contributed by atoms with E-state index in [0.29, 0.717) is 18.3 Å². The monoisotopic (exact) mass is 344 g/mol. The summed E-state index contributed by atoms with van der Waals surface area (Å²) in [4.78, 5) is 14.6. The van der Waals surface area contributed by atoms with E-state index in [9.17, 15) is 4.79 Å². The Morgan fingerprint density at radius 1 is 1.33 bits per heavy atom. The molecule has 1 amide bonds. The molecule has 0 unspecified atom stereocenters. The van der Waals surface area contributed by atoms with E-state index in [1.54, 1.807) is 6.33 Å². The summed E-state index contributed by atoms with van der Waals surface area (Å²) in [5, 5.41) is 9.00. The van der Waals surface area contributed by atoms with Crippen LogP contribution in [0.4, 0.5) is 0 Å². The zero-order valence-corrected chi connectivity index (χ0v) is 15.1. The smallest absolute Gasteiger partial charge is 0.233 e. The second-order valence-electron chi connectivity index (χ2n) is 6.34. The lowest BCUT2D eigenvalue weighted by atomic mass is 10.1. The van der Waals surface area contributed by atoms with E-state index in [1.807, 2.05) is 4.90 Å². The minimum atomic E-state index is 0.160. The molecular weight excluding hydrogens is 320 g/mol. The van der Waals surface area contributed by atoms with Crippen LogP contribution in [0.25, 0.3) is 0 Å². The Kier molecular flexibility index (Phi) is 5.56. The number of hydrogen-bond donors (Lipinski definition) is 0. The average molecular weight is 344 g/mol. The number of benzene rings is 1. The number of aryl methyl sites for hydroxylation is 1. The van der Waals surface area contributed by atoms with Crippen LogP contribution < -0.4 is 0 Å². The van der Waals surface area contributed by atoms with E-state index in [4.69, 9.17) is 0 Å². The highest BCUT2D eigenvalue weighted by Crippen LogP contribution is 2.37. The Morgan fingerprint density at radius 3 is 2.75 bits per heavy atom. The maximum absolute atomic E-state index is 12.6. The Balaban J connectivity index is 1.59. The maximum atomic E-state index is 12.6. The Bertz CT molecular complexity index is 679. The second kappa shape index (κ2) is 7.83. The van der Waals surface area contributed by atoms with Crippen LogP contribution in [0.15, 0.2) is 35.7 Å². The van der Waals surface area contributed by atoms with Crippen molar-refractivity contribution in [1.82, 2.24) is 19.7 Å². The molecule has 128 valence electrons. The van der Waals surface area contributed by atoms with Crippen molar-refractivity contribution in [3.63, 3.8) is 0 Å². The van der Waals surface area contributed by atoms with Crippen LogP contribution in [0.3, 0.4) is 0 Å². The van der Waals surface area contributed by atoms with Gasteiger partial charge in [-0.1, -0.05) is 48.5 Å². The quantitative estimate of drug-likeness (QED) is 0.688. The highest BCUT2D eigenvalue weighted by atomic mass is 32.2. The number of nitrogens with zero attached hydrogens (tertiary/aromatic N) is 4. The highest BCUT2D eigenvalue weighted by Gasteiger charge is 2.26. The fraction of sp³-hybridized carbons (Fsp3) is 0.500. The highest BCUT2D eigenvalue weighted by molar-refractivity contribution is 7.99. The standard InChI is InChI=1S/C18H24N4OS/c1-3-10-21(11-15-6-4-14(2)5-7-15)17(23)12-24-18-20-19-13-22(18)16-8-9-16/h4-7,13,16H,3,8-12H2,1-2H3. The minimum absolute atomic E-state index is 0.160. The molecule has 1 aromatic heterocycles. The van der Waals surface area contributed by atoms with Gasteiger partial charge in [-0.25, -0.2) is 0 Å². The third-order valence-corrected chi connectivity index (χ3v) is 5.09. The second-order valence-corrected chi connectivity index (χ2v) is 7.28. The predicted octanol–water partition coefficient (Wildman–Crippen LogP) is 3.45. The minimum Gasteiger partial charge on any atom is -0.338 e. The first kappa shape index (κ1) is 17.0. The molecule has 1 aliphatic rings. The first-order valence-corrected chi connectivity index (χ1v) is 9.51. The molecule has 6 heteroatoms. The molecule has 1 heterocycles. The van der Waals surface area contributed by atoms with Gasteiger partial charge in [0.1, 0.15) is 6.33 Å². The molecule has 0 bridgehead atoms. The summed E-state index contributed by atoms with van der Waals surface area (Å²) in [5.74, 6) is 0.574. The summed E-state index contributed by atoms with van der Waals surface area (Å²) < 4.78 is 2.10. The summed E-state index contributed by atoms with van der Waals surface area (Å²) in [5.41, 5.74) is 2.41. The average Bonchev–Trinajstić information content (AvgIpc) is 3.32. The van der Waals surface area contributed by atoms with Crippen LogP contribution in [-0.4, -0.2) is 37.9 Å². The fourth-order valence-corrected chi connectivity index (χ4v) is 3.52. The molecule has 1 fully saturated rings. The van der Waals surface area contributed by atoms with Crippen molar-refractivity contribution in [1.29, 1.82) is 0 Å². The molecule has 24 heavy (non-hydrogen) atoms. The number of carbonyl (C=O) groups excluding carboxylic acids is 1. The fourth-order valence-electron chi connectivity index (χ4n) is 2.63. The van der Waals surface area contributed by atoms with Gasteiger partial charge in [-0.15, -0.1) is 10.2 Å². The van der Waals surface area contributed by atoms with Gasteiger partial charge in [0.2, 0.25) is 5.91 Å². The Morgan fingerprint density at radius 2 is 2.08 bits per heavy atom. The molecule has 0 spiro atoms. The van der Waals surface area contributed by atoms with Crippen LogP contribution in [0.2, 0.25) is 0 Å². The molecule has 5 nitrogen and oxygen atoms in total. The lowest BCUT2D eigenvalue weighted by Crippen LogP contribution is -2.32. The number of aromatic nitrogens is 3. The largest absolute Gasteiger partial charge is 0.338 e. The molecule has 0 aliphatic heterocycles. The zero-order valence-electron chi connectivity index (χ0n) is 14.3. The summed E-state index contributed by atoms with van der Waals surface area (Å²) in [6, 6.07) is 8.93. The van der Waals surface area contributed by atoms with Gasteiger partial charge in [-0.05, 0) is 31.7 Å². The van der Waals surface area contributed by atoms with Crippen LogP contribution in [0.1, 0.15) is 43.4 Å². The first-order valence-electron chi connectivity index (χ1n) is 8.53. The number of rotatable bonds is 8. The van der Waals surface area contributed by atoms with Gasteiger partial charge in [0, 0.05) is 19.1 Å². The number of hydrogen-bond acceptors (Lipinski definition) is 4. The van der Waals surface area contributed by atoms with Crippen LogP contribution in [-0.2, 0) is 11.3 Å². The number of amides is 1. The molecule has 1 aromatic carbocycles. The van der Waals surface area contributed by atoms with Crippen LogP contribution >= 0.6 is 11.8 Å². The van der Waals surface area contributed by atoms with Crippen LogP contribution in [0, 0.1) is 6.92 Å². The van der Waals surface area contributed by atoms with Gasteiger partial charge in [0.25, 0.3) is 0 Å². The van der Waals surface area contributed by atoms with E-state index in [0.717, 1.165) is 18.1 Å². The van der Waals surface area contributed by atoms with Crippen molar-refractivity contribution < 1.29 is 4.79 Å². The van der Waals surface area contributed by atoms with Crippen molar-refractivity contribution in [3.8, 4) is 0 Å². The van der Waals surface area contributed by atoms with Gasteiger partial charge in [0.15, 0.2) is 5.16 Å². The third-order valence-electron chi connectivity index (χ3n) is 4.15. The normalized spacial score (nSPS) is 13.9. The molecule has 3 rings (SSSR count). The topological polar surface area (TPSA) is 51.0 Å².